The van der Waals surface area contributed by atoms with Crippen molar-refractivity contribution in [3.63, 3.8) is 0 Å². The Morgan fingerprint density at radius 1 is 1.35 bits per heavy atom. The van der Waals surface area contributed by atoms with Crippen molar-refractivity contribution < 1.29 is 9.53 Å². The van der Waals surface area contributed by atoms with E-state index in [1.807, 2.05) is 30.5 Å². The largest absolute Gasteiger partial charge is 0.465 e. The molecular formula is C14H16ClN3O2. The van der Waals surface area contributed by atoms with E-state index in [0.29, 0.717) is 17.1 Å². The first kappa shape index (κ1) is 14.5. The summed E-state index contributed by atoms with van der Waals surface area (Å²) in [6.07, 6.45) is 0. The van der Waals surface area contributed by atoms with E-state index in [1.165, 1.54) is 7.11 Å². The van der Waals surface area contributed by atoms with E-state index in [2.05, 4.69) is 10.2 Å². The lowest BCUT2D eigenvalue weighted by Crippen LogP contribution is -2.12. The van der Waals surface area contributed by atoms with E-state index >= 15 is 0 Å². The van der Waals surface area contributed by atoms with Crippen LogP contribution in [0.1, 0.15) is 41.8 Å². The molecule has 2 rings (SSSR count). The van der Waals surface area contributed by atoms with Gasteiger partial charge in [-0.3, -0.25) is 4.57 Å². The summed E-state index contributed by atoms with van der Waals surface area (Å²) in [6, 6.07) is 7.18. The number of rotatable bonds is 4. The number of para-hydroxylation sites is 1. The number of carbonyl (C=O) groups is 1. The Morgan fingerprint density at radius 3 is 2.65 bits per heavy atom. The highest BCUT2D eigenvalue weighted by atomic mass is 35.5. The molecule has 0 aliphatic carbocycles. The highest BCUT2D eigenvalue weighted by molar-refractivity contribution is 6.16. The molecule has 6 heteroatoms. The summed E-state index contributed by atoms with van der Waals surface area (Å²) in [5.74, 6) is 1.34. The summed E-state index contributed by atoms with van der Waals surface area (Å²) in [5, 5.41) is 8.25. The molecule has 106 valence electrons. The van der Waals surface area contributed by atoms with Crippen molar-refractivity contribution in [2.45, 2.75) is 25.6 Å². The van der Waals surface area contributed by atoms with Crippen molar-refractivity contribution >= 4 is 17.6 Å². The summed E-state index contributed by atoms with van der Waals surface area (Å²) in [6.45, 7) is 4.03. The molecular weight excluding hydrogens is 278 g/mol. The Labute approximate surface area is 122 Å². The van der Waals surface area contributed by atoms with E-state index in [1.54, 1.807) is 12.1 Å². The Hall–Kier alpha value is -1.88. The SMILES string of the molecule is COC(=O)c1ccccc1-n1c(CCl)nnc1C(C)C. The topological polar surface area (TPSA) is 57.0 Å². The lowest BCUT2D eigenvalue weighted by atomic mass is 10.1. The molecule has 0 saturated carbocycles. The second-order valence-corrected chi connectivity index (χ2v) is 4.87. The van der Waals surface area contributed by atoms with Crippen LogP contribution in [0.2, 0.25) is 0 Å². The highest BCUT2D eigenvalue weighted by Gasteiger charge is 2.20. The van der Waals surface area contributed by atoms with E-state index in [0.717, 1.165) is 5.82 Å². The average molecular weight is 294 g/mol. The van der Waals surface area contributed by atoms with Gasteiger partial charge in [-0.25, -0.2) is 4.79 Å². The number of alkyl halides is 1. The predicted molar refractivity (Wildman–Crippen MR) is 76.3 cm³/mol. The minimum absolute atomic E-state index is 0.158. The van der Waals surface area contributed by atoms with Crippen molar-refractivity contribution in [2.75, 3.05) is 7.11 Å². The molecule has 0 saturated heterocycles. The molecule has 0 aliphatic heterocycles. The number of hydrogen-bond donors (Lipinski definition) is 0. The zero-order valence-corrected chi connectivity index (χ0v) is 12.4. The van der Waals surface area contributed by atoms with Gasteiger partial charge in [0.2, 0.25) is 0 Å². The van der Waals surface area contributed by atoms with E-state index in [4.69, 9.17) is 16.3 Å². The average Bonchev–Trinajstić information content (AvgIpc) is 2.90. The van der Waals surface area contributed by atoms with Gasteiger partial charge in [-0.05, 0) is 12.1 Å². The summed E-state index contributed by atoms with van der Waals surface area (Å²) in [4.78, 5) is 11.9. The number of benzene rings is 1. The molecule has 0 atom stereocenters. The van der Waals surface area contributed by atoms with Crippen LogP contribution in [0.4, 0.5) is 0 Å². The van der Waals surface area contributed by atoms with Crippen molar-refractivity contribution in [1.82, 2.24) is 14.8 Å². The summed E-state index contributed by atoms with van der Waals surface area (Å²) in [7, 11) is 1.36. The quantitative estimate of drug-likeness (QED) is 0.642. The minimum Gasteiger partial charge on any atom is -0.465 e. The lowest BCUT2D eigenvalue weighted by Gasteiger charge is -2.14. The van der Waals surface area contributed by atoms with Crippen LogP contribution in [0.15, 0.2) is 24.3 Å². The number of aromatic nitrogens is 3. The van der Waals surface area contributed by atoms with Crippen LogP contribution in [0.25, 0.3) is 5.69 Å². The Morgan fingerprint density at radius 2 is 2.05 bits per heavy atom. The third kappa shape index (κ3) is 2.54. The van der Waals surface area contributed by atoms with Crippen LogP contribution in [0, 0.1) is 0 Å². The molecule has 0 amide bonds. The predicted octanol–water partition coefficient (Wildman–Crippen LogP) is 2.92. The minimum atomic E-state index is -0.399. The van der Waals surface area contributed by atoms with Gasteiger partial charge < -0.3 is 4.74 Å². The van der Waals surface area contributed by atoms with Crippen molar-refractivity contribution in [3.05, 3.63) is 41.5 Å². The fraction of sp³-hybridized carbons (Fsp3) is 0.357. The number of hydrogen-bond acceptors (Lipinski definition) is 4. The first-order valence-corrected chi connectivity index (χ1v) is 6.81. The van der Waals surface area contributed by atoms with Gasteiger partial charge in [0.25, 0.3) is 0 Å². The number of ether oxygens (including phenoxy) is 1. The van der Waals surface area contributed by atoms with Crippen molar-refractivity contribution in [3.8, 4) is 5.69 Å². The number of carbonyl (C=O) groups excluding carboxylic acids is 1. The van der Waals surface area contributed by atoms with Gasteiger partial charge in [0.1, 0.15) is 5.82 Å². The fourth-order valence-electron chi connectivity index (χ4n) is 2.00. The summed E-state index contributed by atoms with van der Waals surface area (Å²) >= 11 is 5.93. The molecule has 0 bridgehead atoms. The summed E-state index contributed by atoms with van der Waals surface area (Å²) in [5.41, 5.74) is 1.15. The Balaban J connectivity index is 2.68. The Bertz CT molecular complexity index is 623. The normalized spacial score (nSPS) is 10.8. The van der Waals surface area contributed by atoms with Gasteiger partial charge >= 0.3 is 5.97 Å². The molecule has 0 fully saturated rings. The monoisotopic (exact) mass is 293 g/mol. The van der Waals surface area contributed by atoms with Crippen LogP contribution in [0.3, 0.4) is 0 Å². The molecule has 0 spiro atoms. The third-order valence-corrected chi connectivity index (χ3v) is 3.18. The van der Waals surface area contributed by atoms with Crippen LogP contribution in [-0.2, 0) is 10.6 Å². The van der Waals surface area contributed by atoms with Gasteiger partial charge in [-0.2, -0.15) is 0 Å². The van der Waals surface area contributed by atoms with E-state index in [9.17, 15) is 4.79 Å². The standard InChI is InChI=1S/C14H16ClN3O2/c1-9(2)13-17-16-12(8-15)18(13)11-7-5-4-6-10(11)14(19)20-3/h4-7,9H,8H2,1-3H3. The first-order valence-electron chi connectivity index (χ1n) is 6.28. The molecule has 0 aliphatic rings. The molecule has 2 aromatic rings. The molecule has 1 heterocycles. The van der Waals surface area contributed by atoms with Gasteiger partial charge in [0, 0.05) is 5.92 Å². The maximum Gasteiger partial charge on any atom is 0.339 e. The van der Waals surface area contributed by atoms with Gasteiger partial charge in [-0.1, -0.05) is 26.0 Å². The Kier molecular flexibility index (Phi) is 4.39. The van der Waals surface area contributed by atoms with Crippen molar-refractivity contribution in [1.29, 1.82) is 0 Å². The molecule has 0 radical (unpaired) electrons. The third-order valence-electron chi connectivity index (χ3n) is 2.94. The smallest absolute Gasteiger partial charge is 0.339 e. The van der Waals surface area contributed by atoms with E-state index in [-0.39, 0.29) is 11.8 Å². The second kappa shape index (κ2) is 6.05. The first-order chi connectivity index (χ1) is 9.60. The van der Waals surface area contributed by atoms with Crippen LogP contribution in [0.5, 0.6) is 0 Å². The molecule has 1 aromatic heterocycles. The maximum absolute atomic E-state index is 11.9. The van der Waals surface area contributed by atoms with Crippen molar-refractivity contribution in [2.24, 2.45) is 0 Å². The van der Waals surface area contributed by atoms with Crippen LogP contribution >= 0.6 is 11.6 Å². The molecule has 20 heavy (non-hydrogen) atoms. The number of nitrogens with zero attached hydrogens (tertiary/aromatic N) is 3. The molecule has 0 unspecified atom stereocenters. The van der Waals surface area contributed by atoms with Gasteiger partial charge in [-0.15, -0.1) is 21.8 Å². The summed E-state index contributed by atoms with van der Waals surface area (Å²) < 4.78 is 6.65. The molecule has 5 nitrogen and oxygen atoms in total. The highest BCUT2D eigenvalue weighted by Crippen LogP contribution is 2.23. The number of esters is 1. The fourth-order valence-corrected chi connectivity index (χ4v) is 2.18. The van der Waals surface area contributed by atoms with Gasteiger partial charge in [0.15, 0.2) is 5.82 Å². The van der Waals surface area contributed by atoms with Crippen LogP contribution < -0.4 is 0 Å². The second-order valence-electron chi connectivity index (χ2n) is 4.61. The lowest BCUT2D eigenvalue weighted by molar-refractivity contribution is 0.0600. The molecule has 0 N–H and O–H groups in total. The van der Waals surface area contributed by atoms with Crippen LogP contribution in [-0.4, -0.2) is 27.8 Å². The maximum atomic E-state index is 11.9. The zero-order valence-electron chi connectivity index (χ0n) is 11.6. The number of methoxy groups -OCH3 is 1. The van der Waals surface area contributed by atoms with E-state index < -0.39 is 5.97 Å². The van der Waals surface area contributed by atoms with Gasteiger partial charge in [0.05, 0.1) is 24.2 Å². The number of halogens is 1. The zero-order chi connectivity index (χ0) is 14.7. The molecule has 1 aromatic carbocycles.